The number of rotatable bonds is 4. The maximum atomic E-state index is 11.1. The first kappa shape index (κ1) is 14.3. The normalized spacial score (nSPS) is 10.4. The van der Waals surface area contributed by atoms with Crippen molar-refractivity contribution < 1.29 is 9.53 Å². The smallest absolute Gasteiger partial charge is 0.411 e. The van der Waals surface area contributed by atoms with Crippen molar-refractivity contribution >= 4 is 38.5 Å². The lowest BCUT2D eigenvalue weighted by atomic mass is 10.2. The van der Waals surface area contributed by atoms with Gasteiger partial charge in [0.15, 0.2) is 5.13 Å². The van der Waals surface area contributed by atoms with Gasteiger partial charge in [-0.15, -0.1) is 0 Å². The molecule has 0 radical (unpaired) electrons. The lowest BCUT2D eigenvalue weighted by Gasteiger charge is -2.06. The van der Waals surface area contributed by atoms with Crippen molar-refractivity contribution in [2.75, 3.05) is 17.7 Å². The van der Waals surface area contributed by atoms with Crippen LogP contribution in [0.5, 0.6) is 0 Å². The molecule has 0 saturated carbocycles. The largest absolute Gasteiger partial charge is 0.453 e. The summed E-state index contributed by atoms with van der Waals surface area (Å²) in [7, 11) is 1.34. The number of benzene rings is 2. The van der Waals surface area contributed by atoms with Crippen LogP contribution in [0.3, 0.4) is 0 Å². The van der Waals surface area contributed by atoms with Gasteiger partial charge in [-0.2, -0.15) is 0 Å². The van der Waals surface area contributed by atoms with Crippen LogP contribution in [0.2, 0.25) is 0 Å². The highest BCUT2D eigenvalue weighted by Gasteiger charge is 2.03. The molecule has 5 nitrogen and oxygen atoms in total. The summed E-state index contributed by atoms with van der Waals surface area (Å²) in [6.45, 7) is 0.679. The molecule has 3 aromatic rings. The number of ether oxygens (including phenoxy) is 1. The quantitative estimate of drug-likeness (QED) is 0.761. The predicted molar refractivity (Wildman–Crippen MR) is 89.4 cm³/mol. The van der Waals surface area contributed by atoms with Crippen LogP contribution in [-0.4, -0.2) is 18.2 Å². The van der Waals surface area contributed by atoms with E-state index >= 15 is 0 Å². The first-order chi connectivity index (χ1) is 10.7. The number of thiazole rings is 1. The van der Waals surface area contributed by atoms with E-state index in [0.29, 0.717) is 12.2 Å². The summed E-state index contributed by atoms with van der Waals surface area (Å²) < 4.78 is 5.72. The summed E-state index contributed by atoms with van der Waals surface area (Å²) in [6, 6.07) is 15.6. The Morgan fingerprint density at radius 3 is 2.68 bits per heavy atom. The Morgan fingerprint density at radius 1 is 1.18 bits per heavy atom. The van der Waals surface area contributed by atoms with Crippen molar-refractivity contribution in [3.8, 4) is 0 Å². The van der Waals surface area contributed by atoms with E-state index in [1.165, 1.54) is 11.8 Å². The Balaban J connectivity index is 1.62. The Morgan fingerprint density at radius 2 is 1.95 bits per heavy atom. The second-order valence-electron chi connectivity index (χ2n) is 4.65. The third-order valence-electron chi connectivity index (χ3n) is 3.12. The lowest BCUT2D eigenvalue weighted by Crippen LogP contribution is -2.10. The molecule has 2 aromatic carbocycles. The fraction of sp³-hybridized carbons (Fsp3) is 0.125. The van der Waals surface area contributed by atoms with Gasteiger partial charge in [-0.25, -0.2) is 9.78 Å². The summed E-state index contributed by atoms with van der Waals surface area (Å²) in [5.74, 6) is 0. The van der Waals surface area contributed by atoms with Gasteiger partial charge in [0, 0.05) is 12.2 Å². The number of anilines is 2. The average molecular weight is 313 g/mol. The monoisotopic (exact) mass is 313 g/mol. The van der Waals surface area contributed by atoms with Crippen LogP contribution in [0, 0.1) is 0 Å². The van der Waals surface area contributed by atoms with Gasteiger partial charge in [0.1, 0.15) is 0 Å². The third-order valence-corrected chi connectivity index (χ3v) is 4.12. The number of methoxy groups -OCH3 is 1. The van der Waals surface area contributed by atoms with E-state index in [4.69, 9.17) is 0 Å². The van der Waals surface area contributed by atoms with Gasteiger partial charge in [0.25, 0.3) is 0 Å². The van der Waals surface area contributed by atoms with Crippen molar-refractivity contribution in [3.05, 3.63) is 54.1 Å². The molecular weight excluding hydrogens is 298 g/mol. The summed E-state index contributed by atoms with van der Waals surface area (Å²) in [5.41, 5.74) is 2.82. The molecule has 1 aromatic heterocycles. The summed E-state index contributed by atoms with van der Waals surface area (Å²) >= 11 is 1.64. The van der Waals surface area contributed by atoms with Crippen LogP contribution >= 0.6 is 11.3 Å². The summed E-state index contributed by atoms with van der Waals surface area (Å²) in [6.07, 6.45) is -0.472. The first-order valence-electron chi connectivity index (χ1n) is 6.78. The van der Waals surface area contributed by atoms with E-state index < -0.39 is 6.09 Å². The highest BCUT2D eigenvalue weighted by Crippen LogP contribution is 2.25. The molecule has 112 valence electrons. The van der Waals surface area contributed by atoms with E-state index in [1.807, 2.05) is 42.5 Å². The molecule has 0 saturated heterocycles. The molecule has 2 N–H and O–H groups in total. The Bertz CT molecular complexity index is 750. The van der Waals surface area contributed by atoms with E-state index in [-0.39, 0.29) is 0 Å². The minimum Gasteiger partial charge on any atom is -0.453 e. The Hall–Kier alpha value is -2.60. The third kappa shape index (κ3) is 3.35. The average Bonchev–Trinajstić information content (AvgIpc) is 2.97. The van der Waals surface area contributed by atoms with Crippen LogP contribution in [0.15, 0.2) is 48.5 Å². The number of aromatic nitrogens is 1. The molecule has 0 bridgehead atoms. The van der Waals surface area contributed by atoms with Crippen LogP contribution in [-0.2, 0) is 11.3 Å². The maximum absolute atomic E-state index is 11.1. The molecule has 0 aliphatic carbocycles. The molecule has 0 unspecified atom stereocenters. The zero-order valence-electron chi connectivity index (χ0n) is 12.0. The van der Waals surface area contributed by atoms with Crippen molar-refractivity contribution in [2.45, 2.75) is 6.54 Å². The molecule has 1 heterocycles. The number of carbonyl (C=O) groups excluding carboxylic acids is 1. The van der Waals surface area contributed by atoms with E-state index in [9.17, 15) is 4.79 Å². The van der Waals surface area contributed by atoms with Crippen molar-refractivity contribution in [1.29, 1.82) is 0 Å². The molecule has 0 atom stereocenters. The van der Waals surface area contributed by atoms with Crippen LogP contribution < -0.4 is 10.6 Å². The number of nitrogens with zero attached hydrogens (tertiary/aromatic N) is 1. The topological polar surface area (TPSA) is 63.2 Å². The molecule has 0 aliphatic heterocycles. The predicted octanol–water partition coefficient (Wildman–Crippen LogP) is 4.09. The van der Waals surface area contributed by atoms with Gasteiger partial charge >= 0.3 is 6.09 Å². The zero-order valence-corrected chi connectivity index (χ0v) is 12.8. The molecule has 22 heavy (non-hydrogen) atoms. The number of nitrogens with one attached hydrogen (secondary N) is 2. The van der Waals surface area contributed by atoms with Crippen LogP contribution in [0.1, 0.15) is 5.56 Å². The number of para-hydroxylation sites is 1. The van der Waals surface area contributed by atoms with Crippen LogP contribution in [0.4, 0.5) is 15.6 Å². The maximum Gasteiger partial charge on any atom is 0.411 e. The van der Waals surface area contributed by atoms with Crippen LogP contribution in [0.25, 0.3) is 10.2 Å². The zero-order chi connectivity index (χ0) is 15.4. The fourth-order valence-electron chi connectivity index (χ4n) is 2.00. The van der Waals surface area contributed by atoms with E-state index in [2.05, 4.69) is 26.4 Å². The SMILES string of the molecule is COC(=O)Nc1ccc(CNc2nc3ccccc3s2)cc1. The molecule has 1 amide bonds. The molecule has 6 heteroatoms. The molecule has 3 rings (SSSR count). The molecular formula is C16H15N3O2S. The van der Waals surface area contributed by atoms with Gasteiger partial charge in [0.2, 0.25) is 0 Å². The van der Waals surface area contributed by atoms with Crippen molar-refractivity contribution in [3.63, 3.8) is 0 Å². The lowest BCUT2D eigenvalue weighted by molar-refractivity contribution is 0.187. The van der Waals surface area contributed by atoms with Gasteiger partial charge < -0.3 is 10.1 Å². The van der Waals surface area contributed by atoms with Crippen molar-refractivity contribution in [2.24, 2.45) is 0 Å². The Labute approximate surface area is 131 Å². The molecule has 0 fully saturated rings. The second kappa shape index (κ2) is 6.44. The first-order valence-corrected chi connectivity index (χ1v) is 7.59. The van der Waals surface area contributed by atoms with E-state index in [1.54, 1.807) is 11.3 Å². The minimum atomic E-state index is -0.472. The molecule has 0 aliphatic rings. The molecule has 0 spiro atoms. The number of amides is 1. The van der Waals surface area contributed by atoms with Gasteiger partial charge in [-0.05, 0) is 29.8 Å². The summed E-state index contributed by atoms with van der Waals surface area (Å²) in [5, 5.41) is 6.84. The number of carbonyl (C=O) groups is 1. The van der Waals surface area contributed by atoms with E-state index in [0.717, 1.165) is 16.2 Å². The van der Waals surface area contributed by atoms with Crippen molar-refractivity contribution in [1.82, 2.24) is 4.98 Å². The second-order valence-corrected chi connectivity index (χ2v) is 5.68. The Kier molecular flexibility index (Phi) is 4.20. The summed E-state index contributed by atoms with van der Waals surface area (Å²) in [4.78, 5) is 15.6. The minimum absolute atomic E-state index is 0.472. The highest BCUT2D eigenvalue weighted by molar-refractivity contribution is 7.22. The standard InChI is InChI=1S/C16H15N3O2S/c1-21-16(20)18-12-8-6-11(7-9-12)10-17-15-19-13-4-2-3-5-14(13)22-15/h2-9H,10H2,1H3,(H,17,19)(H,18,20). The number of fused-ring (bicyclic) bond motifs is 1. The van der Waals surface area contributed by atoms with Gasteiger partial charge in [0.05, 0.1) is 17.3 Å². The fourth-order valence-corrected chi connectivity index (χ4v) is 2.86. The van der Waals surface area contributed by atoms with Gasteiger partial charge in [-0.1, -0.05) is 35.6 Å². The van der Waals surface area contributed by atoms with Gasteiger partial charge in [-0.3, -0.25) is 5.32 Å². The highest BCUT2D eigenvalue weighted by atomic mass is 32.1. The number of hydrogen-bond donors (Lipinski definition) is 2. The number of hydrogen-bond acceptors (Lipinski definition) is 5.